The lowest BCUT2D eigenvalue weighted by Gasteiger charge is -2.09. The maximum atomic E-state index is 13.1. The summed E-state index contributed by atoms with van der Waals surface area (Å²) in [6, 6.07) is 3.59. The monoisotopic (exact) mass is 275 g/mol. The zero-order valence-corrected chi connectivity index (χ0v) is 10.4. The van der Waals surface area contributed by atoms with Crippen LogP contribution in [0.5, 0.6) is 0 Å². The second-order valence-corrected chi connectivity index (χ2v) is 4.47. The summed E-state index contributed by atoms with van der Waals surface area (Å²) in [4.78, 5) is 3.98. The third kappa shape index (κ3) is 2.25. The second kappa shape index (κ2) is 4.97. The number of hydrogen-bond donors (Lipinski definition) is 1. The van der Waals surface area contributed by atoms with Gasteiger partial charge < -0.3 is 5.11 Å². The normalized spacial score (nSPS) is 12.8. The Morgan fingerprint density at radius 2 is 2.05 bits per heavy atom. The van der Waals surface area contributed by atoms with E-state index in [4.69, 9.17) is 0 Å². The van der Waals surface area contributed by atoms with E-state index in [-0.39, 0.29) is 6.42 Å². The van der Waals surface area contributed by atoms with Crippen LogP contribution in [0.25, 0.3) is 5.52 Å². The molecule has 2 aromatic heterocycles. The molecule has 20 heavy (non-hydrogen) atoms. The number of rotatable bonds is 3. The third-order valence-electron chi connectivity index (χ3n) is 3.13. The summed E-state index contributed by atoms with van der Waals surface area (Å²) in [6.45, 7) is 0. The number of aromatic nitrogens is 3. The topological polar surface area (TPSA) is 50.4 Å². The van der Waals surface area contributed by atoms with Gasteiger partial charge in [0.25, 0.3) is 0 Å². The van der Waals surface area contributed by atoms with Gasteiger partial charge in [0, 0.05) is 24.4 Å². The Hall–Kier alpha value is -2.34. The lowest BCUT2D eigenvalue weighted by molar-refractivity contribution is 0.180. The van der Waals surface area contributed by atoms with E-state index in [0.29, 0.717) is 16.6 Å². The van der Waals surface area contributed by atoms with Crippen LogP contribution in [0, 0.1) is 11.6 Å². The van der Waals surface area contributed by atoms with E-state index in [1.807, 2.05) is 0 Å². The van der Waals surface area contributed by atoms with Crippen molar-refractivity contribution in [2.45, 2.75) is 12.5 Å². The standard InChI is InChI=1S/C14H11F2N3O/c15-11-2-1-9(5-12(11)16)6-14(20)10-7-18-19-4-3-17-8-13(10)19/h1-5,7-8,14,20H,6H2. The van der Waals surface area contributed by atoms with Crippen LogP contribution in [0.3, 0.4) is 0 Å². The highest BCUT2D eigenvalue weighted by Gasteiger charge is 2.15. The molecule has 3 aromatic rings. The predicted octanol–water partition coefficient (Wildman–Crippen LogP) is 2.28. The summed E-state index contributed by atoms with van der Waals surface area (Å²) in [6.07, 6.45) is 5.71. The molecule has 1 unspecified atom stereocenters. The summed E-state index contributed by atoms with van der Waals surface area (Å²) in [5.74, 6) is -1.82. The number of aliphatic hydroxyl groups is 1. The number of benzene rings is 1. The fraction of sp³-hybridized carbons (Fsp3) is 0.143. The van der Waals surface area contributed by atoms with Gasteiger partial charge in [-0.2, -0.15) is 5.10 Å². The maximum absolute atomic E-state index is 13.1. The largest absolute Gasteiger partial charge is 0.388 e. The first kappa shape index (κ1) is 12.7. The lowest BCUT2D eigenvalue weighted by Crippen LogP contribution is -2.02. The summed E-state index contributed by atoms with van der Waals surface area (Å²) >= 11 is 0. The van der Waals surface area contributed by atoms with E-state index in [2.05, 4.69) is 10.1 Å². The van der Waals surface area contributed by atoms with Gasteiger partial charge in [-0.25, -0.2) is 13.3 Å². The highest BCUT2D eigenvalue weighted by molar-refractivity contribution is 5.52. The van der Waals surface area contributed by atoms with Gasteiger partial charge in [0.15, 0.2) is 11.6 Å². The van der Waals surface area contributed by atoms with E-state index in [0.717, 1.165) is 12.1 Å². The van der Waals surface area contributed by atoms with Crippen LogP contribution in [0.4, 0.5) is 8.78 Å². The molecule has 0 spiro atoms. The average molecular weight is 275 g/mol. The first-order valence-corrected chi connectivity index (χ1v) is 6.04. The van der Waals surface area contributed by atoms with Crippen LogP contribution in [-0.2, 0) is 6.42 Å². The third-order valence-corrected chi connectivity index (χ3v) is 3.13. The van der Waals surface area contributed by atoms with Crippen molar-refractivity contribution < 1.29 is 13.9 Å². The molecule has 0 aliphatic carbocycles. The van der Waals surface area contributed by atoms with E-state index >= 15 is 0 Å². The molecule has 2 heterocycles. The minimum atomic E-state index is -0.920. The van der Waals surface area contributed by atoms with Crippen molar-refractivity contribution in [1.82, 2.24) is 14.6 Å². The Morgan fingerprint density at radius 1 is 1.20 bits per heavy atom. The van der Waals surface area contributed by atoms with Crippen molar-refractivity contribution in [3.63, 3.8) is 0 Å². The van der Waals surface area contributed by atoms with Gasteiger partial charge in [0.05, 0.1) is 24.0 Å². The van der Waals surface area contributed by atoms with Gasteiger partial charge in [0.1, 0.15) is 0 Å². The summed E-state index contributed by atoms with van der Waals surface area (Å²) < 4.78 is 27.6. The van der Waals surface area contributed by atoms with Crippen molar-refractivity contribution in [3.05, 3.63) is 65.7 Å². The highest BCUT2D eigenvalue weighted by atomic mass is 19.2. The fourth-order valence-electron chi connectivity index (χ4n) is 2.11. The zero-order chi connectivity index (χ0) is 14.1. The van der Waals surface area contributed by atoms with Crippen molar-refractivity contribution in [2.24, 2.45) is 0 Å². The molecule has 3 rings (SSSR count). The number of hydrogen-bond acceptors (Lipinski definition) is 3. The van der Waals surface area contributed by atoms with Crippen LogP contribution >= 0.6 is 0 Å². The van der Waals surface area contributed by atoms with Crippen molar-refractivity contribution in [2.75, 3.05) is 0 Å². The Morgan fingerprint density at radius 3 is 2.85 bits per heavy atom. The summed E-state index contributed by atoms with van der Waals surface area (Å²) in [7, 11) is 0. The van der Waals surface area contributed by atoms with E-state index in [1.54, 1.807) is 29.3 Å². The molecule has 0 aliphatic heterocycles. The van der Waals surface area contributed by atoms with Crippen molar-refractivity contribution in [1.29, 1.82) is 0 Å². The van der Waals surface area contributed by atoms with Gasteiger partial charge in [0.2, 0.25) is 0 Å². The number of aliphatic hydroxyl groups excluding tert-OH is 1. The molecule has 1 atom stereocenters. The van der Waals surface area contributed by atoms with Crippen LogP contribution in [-0.4, -0.2) is 19.7 Å². The molecule has 1 N–H and O–H groups in total. The summed E-state index contributed by atoms with van der Waals surface area (Å²) in [5, 5.41) is 14.3. The summed E-state index contributed by atoms with van der Waals surface area (Å²) in [5.41, 5.74) is 1.80. The number of halogens is 2. The Labute approximate surface area is 113 Å². The average Bonchev–Trinajstić information content (AvgIpc) is 2.87. The van der Waals surface area contributed by atoms with Gasteiger partial charge in [-0.05, 0) is 17.7 Å². The minimum Gasteiger partial charge on any atom is -0.388 e. The van der Waals surface area contributed by atoms with Crippen LogP contribution in [0.2, 0.25) is 0 Å². The van der Waals surface area contributed by atoms with Crippen LogP contribution in [0.1, 0.15) is 17.2 Å². The van der Waals surface area contributed by atoms with Gasteiger partial charge >= 0.3 is 0 Å². The minimum absolute atomic E-state index is 0.174. The van der Waals surface area contributed by atoms with Crippen LogP contribution in [0.15, 0.2) is 43.0 Å². The Bertz CT molecular complexity index is 757. The van der Waals surface area contributed by atoms with Crippen molar-refractivity contribution >= 4 is 5.52 Å². The molecule has 0 radical (unpaired) electrons. The van der Waals surface area contributed by atoms with Gasteiger partial charge in [-0.3, -0.25) is 4.98 Å². The molecule has 0 saturated carbocycles. The number of nitrogens with zero attached hydrogens (tertiary/aromatic N) is 3. The van der Waals surface area contributed by atoms with E-state index < -0.39 is 17.7 Å². The zero-order valence-electron chi connectivity index (χ0n) is 10.4. The SMILES string of the molecule is OC(Cc1ccc(F)c(F)c1)c1cnn2ccncc12. The fourth-order valence-corrected chi connectivity index (χ4v) is 2.11. The maximum Gasteiger partial charge on any atom is 0.159 e. The molecule has 1 aromatic carbocycles. The predicted molar refractivity (Wildman–Crippen MR) is 68.0 cm³/mol. The Kier molecular flexibility index (Phi) is 3.15. The lowest BCUT2D eigenvalue weighted by atomic mass is 10.0. The van der Waals surface area contributed by atoms with Crippen LogP contribution < -0.4 is 0 Å². The number of fused-ring (bicyclic) bond motifs is 1. The molecule has 0 amide bonds. The van der Waals surface area contributed by atoms with E-state index in [9.17, 15) is 13.9 Å². The molecule has 0 fully saturated rings. The molecule has 102 valence electrons. The molecule has 6 heteroatoms. The second-order valence-electron chi connectivity index (χ2n) is 4.47. The smallest absolute Gasteiger partial charge is 0.159 e. The first-order valence-electron chi connectivity index (χ1n) is 6.04. The molecule has 0 bridgehead atoms. The van der Waals surface area contributed by atoms with Gasteiger partial charge in [-0.1, -0.05) is 6.07 Å². The quantitative estimate of drug-likeness (QED) is 0.798. The van der Waals surface area contributed by atoms with E-state index in [1.165, 1.54) is 6.07 Å². The molecular formula is C14H11F2N3O. The molecule has 0 saturated heterocycles. The molecular weight excluding hydrogens is 264 g/mol. The molecule has 4 nitrogen and oxygen atoms in total. The molecule has 0 aliphatic rings. The Balaban J connectivity index is 1.89. The van der Waals surface area contributed by atoms with Crippen molar-refractivity contribution in [3.8, 4) is 0 Å². The highest BCUT2D eigenvalue weighted by Crippen LogP contribution is 2.22. The van der Waals surface area contributed by atoms with Gasteiger partial charge in [-0.15, -0.1) is 0 Å². The first-order chi connectivity index (χ1) is 9.65.